The maximum absolute atomic E-state index is 13.2. The zero-order chi connectivity index (χ0) is 19.2. The molecule has 3 rings (SSSR count). The van der Waals surface area contributed by atoms with Crippen molar-refractivity contribution in [3.63, 3.8) is 0 Å². The van der Waals surface area contributed by atoms with Crippen LogP contribution in [0.1, 0.15) is 21.7 Å². The molecule has 2 aromatic rings. The van der Waals surface area contributed by atoms with Crippen molar-refractivity contribution in [2.24, 2.45) is 7.05 Å². The number of aryl methyl sites for hydroxylation is 1. The Bertz CT molecular complexity index is 859. The third-order valence-corrected chi connectivity index (χ3v) is 4.13. The summed E-state index contributed by atoms with van der Waals surface area (Å²) in [5, 5.41) is 6.97. The van der Waals surface area contributed by atoms with E-state index in [1.165, 1.54) is 4.68 Å². The van der Waals surface area contributed by atoms with E-state index in [0.717, 1.165) is 37.8 Å². The average molecular weight is 374 g/mol. The van der Waals surface area contributed by atoms with Crippen molar-refractivity contribution in [1.82, 2.24) is 20.0 Å². The first-order chi connectivity index (χ1) is 13.0. The molecule has 1 aliphatic heterocycles. The summed E-state index contributed by atoms with van der Waals surface area (Å²) in [6, 6.07) is 4.62. The van der Waals surface area contributed by atoms with Crippen LogP contribution in [0.25, 0.3) is 0 Å². The Morgan fingerprint density at radius 1 is 1.19 bits per heavy atom. The zero-order valence-corrected chi connectivity index (χ0v) is 15.0. The monoisotopic (exact) mass is 374 g/mol. The smallest absolute Gasteiger partial charge is 0.271 e. The molecule has 0 atom stereocenters. The van der Waals surface area contributed by atoms with Crippen molar-refractivity contribution >= 4 is 5.91 Å². The van der Waals surface area contributed by atoms with Gasteiger partial charge in [-0.1, -0.05) is 5.92 Å². The molecule has 1 aromatic carbocycles. The standard InChI is InChI=1S/C19H20F2N4O2/c1-24-17(3-2-14-10-15(20)12-16(21)11-14)13-18(23-24)19(26)22-4-5-25-6-8-27-9-7-25/h10-13H,4-9H2,1H3,(H,22,26). The Labute approximate surface area is 156 Å². The van der Waals surface area contributed by atoms with Crippen LogP contribution in [0.3, 0.4) is 0 Å². The number of rotatable bonds is 4. The molecule has 27 heavy (non-hydrogen) atoms. The summed E-state index contributed by atoms with van der Waals surface area (Å²) in [4.78, 5) is 14.5. The fourth-order valence-electron chi connectivity index (χ4n) is 2.70. The van der Waals surface area contributed by atoms with E-state index in [-0.39, 0.29) is 17.2 Å². The van der Waals surface area contributed by atoms with Gasteiger partial charge < -0.3 is 10.1 Å². The molecule has 8 heteroatoms. The molecule has 142 valence electrons. The second-order valence-electron chi connectivity index (χ2n) is 6.16. The zero-order valence-electron chi connectivity index (χ0n) is 15.0. The van der Waals surface area contributed by atoms with Gasteiger partial charge in [-0.2, -0.15) is 5.10 Å². The molecule has 0 unspecified atom stereocenters. The lowest BCUT2D eigenvalue weighted by Gasteiger charge is -2.26. The van der Waals surface area contributed by atoms with Crippen LogP contribution in [0, 0.1) is 23.5 Å². The Morgan fingerprint density at radius 2 is 1.89 bits per heavy atom. The van der Waals surface area contributed by atoms with Gasteiger partial charge in [0.15, 0.2) is 5.69 Å². The van der Waals surface area contributed by atoms with E-state index in [4.69, 9.17) is 4.74 Å². The second-order valence-corrected chi connectivity index (χ2v) is 6.16. The number of morpholine rings is 1. The summed E-state index contributed by atoms with van der Waals surface area (Å²) < 4.78 is 33.2. The summed E-state index contributed by atoms with van der Waals surface area (Å²) in [7, 11) is 1.65. The van der Waals surface area contributed by atoms with Gasteiger partial charge in [0.2, 0.25) is 0 Å². The van der Waals surface area contributed by atoms with Gasteiger partial charge in [-0.3, -0.25) is 14.4 Å². The van der Waals surface area contributed by atoms with Crippen LogP contribution in [0.5, 0.6) is 0 Å². The highest BCUT2D eigenvalue weighted by Gasteiger charge is 2.13. The van der Waals surface area contributed by atoms with Crippen LogP contribution >= 0.6 is 0 Å². The number of carbonyl (C=O) groups excluding carboxylic acids is 1. The van der Waals surface area contributed by atoms with E-state index in [2.05, 4.69) is 27.2 Å². The van der Waals surface area contributed by atoms with Crippen molar-refractivity contribution in [2.45, 2.75) is 0 Å². The van der Waals surface area contributed by atoms with Crippen LogP contribution in [-0.4, -0.2) is 60.0 Å². The Hall–Kier alpha value is -2.76. The number of benzene rings is 1. The quantitative estimate of drug-likeness (QED) is 0.816. The van der Waals surface area contributed by atoms with E-state index in [1.54, 1.807) is 13.1 Å². The Kier molecular flexibility index (Phi) is 6.16. The van der Waals surface area contributed by atoms with Crippen LogP contribution in [0.15, 0.2) is 24.3 Å². The van der Waals surface area contributed by atoms with Crippen LogP contribution in [0.2, 0.25) is 0 Å². The molecule has 0 saturated carbocycles. The Morgan fingerprint density at radius 3 is 2.59 bits per heavy atom. The minimum atomic E-state index is -0.690. The van der Waals surface area contributed by atoms with Crippen molar-refractivity contribution in [1.29, 1.82) is 0 Å². The molecule has 1 aliphatic rings. The molecule has 1 amide bonds. The summed E-state index contributed by atoms with van der Waals surface area (Å²) in [6.45, 7) is 4.41. The predicted octanol–water partition coefficient (Wildman–Crippen LogP) is 1.16. The maximum Gasteiger partial charge on any atom is 0.271 e. The normalized spacial score (nSPS) is 14.5. The van der Waals surface area contributed by atoms with Crippen LogP contribution < -0.4 is 5.32 Å². The van der Waals surface area contributed by atoms with E-state index < -0.39 is 11.6 Å². The number of hydrogen-bond acceptors (Lipinski definition) is 4. The first-order valence-corrected chi connectivity index (χ1v) is 8.62. The molecule has 1 fully saturated rings. The molecule has 2 heterocycles. The van der Waals surface area contributed by atoms with Gasteiger partial charge in [0, 0.05) is 50.9 Å². The minimum Gasteiger partial charge on any atom is -0.379 e. The number of nitrogens with one attached hydrogen (secondary N) is 1. The van der Waals surface area contributed by atoms with E-state index >= 15 is 0 Å². The molecule has 0 spiro atoms. The lowest BCUT2D eigenvalue weighted by Crippen LogP contribution is -2.41. The molecule has 6 nitrogen and oxygen atoms in total. The second kappa shape index (κ2) is 8.75. The van der Waals surface area contributed by atoms with E-state index in [1.807, 2.05) is 0 Å². The number of amides is 1. The summed E-state index contributed by atoms with van der Waals surface area (Å²) in [5.74, 6) is 3.79. The molecule has 1 saturated heterocycles. The molecule has 0 radical (unpaired) electrons. The molecule has 0 bridgehead atoms. The third kappa shape index (κ3) is 5.36. The number of ether oxygens (including phenoxy) is 1. The van der Waals surface area contributed by atoms with Crippen molar-refractivity contribution in [3.05, 3.63) is 52.9 Å². The predicted molar refractivity (Wildman–Crippen MR) is 95.1 cm³/mol. The van der Waals surface area contributed by atoms with Gasteiger partial charge in [0.25, 0.3) is 5.91 Å². The maximum atomic E-state index is 13.2. The number of halogens is 2. The average Bonchev–Trinajstić information content (AvgIpc) is 3.01. The number of nitrogens with zero attached hydrogens (tertiary/aromatic N) is 3. The molecular formula is C19H20F2N4O2. The van der Waals surface area contributed by atoms with Crippen LogP contribution in [-0.2, 0) is 11.8 Å². The van der Waals surface area contributed by atoms with Gasteiger partial charge in [-0.25, -0.2) is 8.78 Å². The molecule has 1 N–H and O–H groups in total. The first-order valence-electron chi connectivity index (χ1n) is 8.62. The van der Waals surface area contributed by atoms with Crippen molar-refractivity contribution in [2.75, 3.05) is 39.4 Å². The highest BCUT2D eigenvalue weighted by molar-refractivity contribution is 5.92. The highest BCUT2D eigenvalue weighted by Crippen LogP contribution is 2.08. The van der Waals surface area contributed by atoms with Crippen LogP contribution in [0.4, 0.5) is 8.78 Å². The van der Waals surface area contributed by atoms with Gasteiger partial charge in [-0.05, 0) is 18.1 Å². The van der Waals surface area contributed by atoms with Crippen molar-refractivity contribution in [3.8, 4) is 11.8 Å². The Balaban J connectivity index is 1.60. The number of carbonyl (C=O) groups is 1. The lowest BCUT2D eigenvalue weighted by atomic mass is 10.2. The number of hydrogen-bond donors (Lipinski definition) is 1. The van der Waals surface area contributed by atoms with Gasteiger partial charge in [0.1, 0.15) is 17.3 Å². The molecule has 0 aliphatic carbocycles. The number of aromatic nitrogens is 2. The fraction of sp³-hybridized carbons (Fsp3) is 0.368. The van der Waals surface area contributed by atoms with Gasteiger partial charge in [-0.15, -0.1) is 0 Å². The van der Waals surface area contributed by atoms with Crippen molar-refractivity contribution < 1.29 is 18.3 Å². The van der Waals surface area contributed by atoms with Gasteiger partial charge in [0.05, 0.1) is 13.2 Å². The minimum absolute atomic E-state index is 0.213. The summed E-state index contributed by atoms with van der Waals surface area (Å²) in [5.41, 5.74) is 0.928. The topological polar surface area (TPSA) is 59.4 Å². The lowest BCUT2D eigenvalue weighted by molar-refractivity contribution is 0.0383. The summed E-state index contributed by atoms with van der Waals surface area (Å²) in [6.07, 6.45) is 0. The van der Waals surface area contributed by atoms with E-state index in [0.29, 0.717) is 25.5 Å². The first kappa shape index (κ1) is 19.0. The van der Waals surface area contributed by atoms with Gasteiger partial charge >= 0.3 is 0 Å². The SMILES string of the molecule is Cn1nc(C(=O)NCCN2CCOCC2)cc1C#Cc1cc(F)cc(F)c1. The third-order valence-electron chi connectivity index (χ3n) is 4.13. The highest BCUT2D eigenvalue weighted by atomic mass is 19.1. The fourth-order valence-corrected chi connectivity index (χ4v) is 2.70. The largest absolute Gasteiger partial charge is 0.379 e. The summed E-state index contributed by atoms with van der Waals surface area (Å²) >= 11 is 0. The molecular weight excluding hydrogens is 354 g/mol. The van der Waals surface area contributed by atoms with E-state index in [9.17, 15) is 13.6 Å². The molecule has 1 aromatic heterocycles.